The van der Waals surface area contributed by atoms with Gasteiger partial charge < -0.3 is 15.7 Å². The van der Waals surface area contributed by atoms with Crippen LogP contribution in [0.1, 0.15) is 16.2 Å². The van der Waals surface area contributed by atoms with Gasteiger partial charge in [0, 0.05) is 31.2 Å². The number of aliphatic hydroxyl groups is 1. The maximum atomic E-state index is 11.6. The predicted molar refractivity (Wildman–Crippen MR) is 65.3 cm³/mol. The number of aromatic nitrogens is 2. The van der Waals surface area contributed by atoms with Gasteiger partial charge in [-0.15, -0.1) is 12.4 Å². The Hall–Kier alpha value is -1.11. The van der Waals surface area contributed by atoms with E-state index in [0.29, 0.717) is 18.8 Å². The molecule has 2 rings (SSSR count). The molecule has 2 atom stereocenters. The topological polar surface area (TPSA) is 90.0 Å². The van der Waals surface area contributed by atoms with E-state index in [1.165, 1.54) is 0 Å². The molecule has 0 radical (unpaired) electrons. The highest BCUT2D eigenvalue weighted by atomic mass is 35.5. The minimum absolute atomic E-state index is 0. The summed E-state index contributed by atoms with van der Waals surface area (Å²) in [5.74, 6) is -0.118. The number of aliphatic hydroxyl groups excluding tert-OH is 1. The number of amides is 1. The van der Waals surface area contributed by atoms with Crippen molar-refractivity contribution in [3.63, 3.8) is 0 Å². The van der Waals surface area contributed by atoms with Crippen LogP contribution < -0.4 is 10.6 Å². The normalized spacial score (nSPS) is 23.2. The van der Waals surface area contributed by atoms with E-state index < -0.39 is 0 Å². The Morgan fingerprint density at radius 3 is 2.94 bits per heavy atom. The molecule has 1 aliphatic heterocycles. The van der Waals surface area contributed by atoms with Gasteiger partial charge in [0.15, 0.2) is 0 Å². The second-order valence-electron chi connectivity index (χ2n) is 4.13. The number of H-pyrrole nitrogens is 1. The van der Waals surface area contributed by atoms with Crippen molar-refractivity contribution in [2.24, 2.45) is 5.92 Å². The summed E-state index contributed by atoms with van der Waals surface area (Å²) in [6, 6.07) is 1.69. The molecular formula is C10H17ClN4O2. The average molecular weight is 261 g/mol. The first-order chi connectivity index (χ1) is 7.66. The van der Waals surface area contributed by atoms with Gasteiger partial charge in [-0.2, -0.15) is 5.10 Å². The third-order valence-electron chi connectivity index (χ3n) is 2.77. The van der Waals surface area contributed by atoms with Crippen molar-refractivity contribution in [2.45, 2.75) is 13.0 Å². The number of carbonyl (C=O) groups is 1. The van der Waals surface area contributed by atoms with Crippen LogP contribution in [0, 0.1) is 12.8 Å². The van der Waals surface area contributed by atoms with Crippen LogP contribution in [0.25, 0.3) is 0 Å². The number of nitrogens with one attached hydrogen (secondary N) is 3. The zero-order chi connectivity index (χ0) is 11.5. The van der Waals surface area contributed by atoms with E-state index in [4.69, 9.17) is 0 Å². The Bertz CT molecular complexity index is 382. The lowest BCUT2D eigenvalue weighted by Crippen LogP contribution is -2.34. The van der Waals surface area contributed by atoms with Crippen LogP contribution in [0.4, 0.5) is 0 Å². The van der Waals surface area contributed by atoms with Crippen molar-refractivity contribution >= 4 is 18.3 Å². The van der Waals surface area contributed by atoms with Crippen LogP contribution in [0.15, 0.2) is 6.07 Å². The molecule has 0 aliphatic carbocycles. The molecule has 17 heavy (non-hydrogen) atoms. The second kappa shape index (κ2) is 6.00. The number of β-amino-alcohol motifs (C(OH)–C–C–N with tert-alkyl or cyclic N) is 1. The number of nitrogens with zero attached hydrogens (tertiary/aromatic N) is 1. The van der Waals surface area contributed by atoms with Gasteiger partial charge >= 0.3 is 0 Å². The molecule has 0 bridgehead atoms. The van der Waals surface area contributed by atoms with E-state index in [9.17, 15) is 9.90 Å². The molecule has 0 spiro atoms. The lowest BCUT2D eigenvalue weighted by molar-refractivity contribution is 0.0922. The van der Waals surface area contributed by atoms with Crippen molar-refractivity contribution in [1.29, 1.82) is 0 Å². The van der Waals surface area contributed by atoms with Gasteiger partial charge in [-0.25, -0.2) is 0 Å². The molecule has 1 aromatic rings. The highest BCUT2D eigenvalue weighted by molar-refractivity contribution is 5.92. The fourth-order valence-electron chi connectivity index (χ4n) is 1.78. The van der Waals surface area contributed by atoms with Crippen molar-refractivity contribution in [3.8, 4) is 0 Å². The van der Waals surface area contributed by atoms with Crippen LogP contribution in [-0.4, -0.2) is 46.9 Å². The Morgan fingerprint density at radius 1 is 1.65 bits per heavy atom. The molecule has 6 nitrogen and oxygen atoms in total. The molecule has 1 aliphatic rings. The van der Waals surface area contributed by atoms with Crippen LogP contribution in [0.3, 0.4) is 0 Å². The van der Waals surface area contributed by atoms with Gasteiger partial charge in [0.25, 0.3) is 5.91 Å². The first kappa shape index (κ1) is 14.0. The Morgan fingerprint density at radius 2 is 2.41 bits per heavy atom. The third kappa shape index (κ3) is 3.42. The van der Waals surface area contributed by atoms with Crippen molar-refractivity contribution in [3.05, 3.63) is 17.5 Å². The first-order valence-corrected chi connectivity index (χ1v) is 5.36. The van der Waals surface area contributed by atoms with Crippen LogP contribution in [0.5, 0.6) is 0 Å². The molecule has 0 saturated carbocycles. The van der Waals surface area contributed by atoms with E-state index >= 15 is 0 Å². The van der Waals surface area contributed by atoms with E-state index in [-0.39, 0.29) is 30.3 Å². The fraction of sp³-hybridized carbons (Fsp3) is 0.600. The van der Waals surface area contributed by atoms with Gasteiger partial charge in [-0.3, -0.25) is 9.89 Å². The number of carbonyl (C=O) groups excluding carboxylic acids is 1. The molecule has 1 saturated heterocycles. The summed E-state index contributed by atoms with van der Waals surface area (Å²) in [7, 11) is 0. The molecule has 4 N–H and O–H groups in total. The molecule has 2 unspecified atom stereocenters. The van der Waals surface area contributed by atoms with E-state index in [1.807, 2.05) is 6.92 Å². The summed E-state index contributed by atoms with van der Waals surface area (Å²) in [4.78, 5) is 11.6. The third-order valence-corrected chi connectivity index (χ3v) is 2.77. The lowest BCUT2D eigenvalue weighted by atomic mass is 10.1. The van der Waals surface area contributed by atoms with Gasteiger partial charge in [-0.1, -0.05) is 0 Å². The molecule has 0 aromatic carbocycles. The highest BCUT2D eigenvalue weighted by Gasteiger charge is 2.25. The molecular weight excluding hydrogens is 244 g/mol. The summed E-state index contributed by atoms with van der Waals surface area (Å²) in [6.45, 7) is 3.65. The van der Waals surface area contributed by atoms with Crippen LogP contribution in [-0.2, 0) is 0 Å². The Labute approximate surface area is 106 Å². The minimum atomic E-state index is -0.374. The van der Waals surface area contributed by atoms with Gasteiger partial charge in [-0.05, 0) is 13.0 Å². The summed E-state index contributed by atoms with van der Waals surface area (Å²) in [5, 5.41) is 21.9. The largest absolute Gasteiger partial charge is 0.391 e. The number of hydrogen-bond acceptors (Lipinski definition) is 4. The Kier molecular flexibility index (Phi) is 4.92. The summed E-state index contributed by atoms with van der Waals surface area (Å²) in [6.07, 6.45) is -0.374. The Balaban J connectivity index is 0.00000144. The van der Waals surface area contributed by atoms with Gasteiger partial charge in [0.05, 0.1) is 6.10 Å². The lowest BCUT2D eigenvalue weighted by Gasteiger charge is -2.13. The number of hydrogen-bond donors (Lipinski definition) is 4. The van der Waals surface area contributed by atoms with Gasteiger partial charge in [0.2, 0.25) is 0 Å². The molecule has 1 amide bonds. The molecule has 1 fully saturated rings. The van der Waals surface area contributed by atoms with E-state index in [0.717, 1.165) is 12.2 Å². The molecule has 7 heteroatoms. The minimum Gasteiger partial charge on any atom is -0.391 e. The fourth-order valence-corrected chi connectivity index (χ4v) is 1.78. The van der Waals surface area contributed by atoms with E-state index in [1.54, 1.807) is 6.07 Å². The zero-order valence-electron chi connectivity index (χ0n) is 9.56. The van der Waals surface area contributed by atoms with E-state index in [2.05, 4.69) is 20.8 Å². The highest BCUT2D eigenvalue weighted by Crippen LogP contribution is 2.07. The maximum absolute atomic E-state index is 11.6. The molecule has 1 aromatic heterocycles. The second-order valence-corrected chi connectivity index (χ2v) is 4.13. The van der Waals surface area contributed by atoms with Crippen LogP contribution in [0.2, 0.25) is 0 Å². The van der Waals surface area contributed by atoms with Gasteiger partial charge in [0.1, 0.15) is 5.69 Å². The van der Waals surface area contributed by atoms with Crippen molar-refractivity contribution in [1.82, 2.24) is 20.8 Å². The number of rotatable bonds is 3. The zero-order valence-corrected chi connectivity index (χ0v) is 10.4. The smallest absolute Gasteiger partial charge is 0.271 e. The SMILES string of the molecule is Cc1cc(C(=O)NCC2CNCC2O)n[nH]1.Cl. The molecule has 96 valence electrons. The van der Waals surface area contributed by atoms with Crippen molar-refractivity contribution < 1.29 is 9.90 Å². The molecule has 2 heterocycles. The number of halogens is 1. The summed E-state index contributed by atoms with van der Waals surface area (Å²) < 4.78 is 0. The number of aromatic amines is 1. The maximum Gasteiger partial charge on any atom is 0.271 e. The van der Waals surface area contributed by atoms with Crippen molar-refractivity contribution in [2.75, 3.05) is 19.6 Å². The summed E-state index contributed by atoms with van der Waals surface area (Å²) in [5.41, 5.74) is 1.24. The average Bonchev–Trinajstić information content (AvgIpc) is 2.84. The first-order valence-electron chi connectivity index (χ1n) is 5.36. The standard InChI is InChI=1S/C10H16N4O2.ClH/c1-6-2-8(14-13-6)10(16)12-4-7-3-11-5-9(7)15;/h2,7,9,11,15H,3-5H2,1H3,(H,12,16)(H,13,14);1H. The summed E-state index contributed by atoms with van der Waals surface area (Å²) >= 11 is 0. The van der Waals surface area contributed by atoms with Crippen LogP contribution >= 0.6 is 12.4 Å². The number of aryl methyl sites for hydroxylation is 1. The predicted octanol–water partition coefficient (Wildman–Crippen LogP) is -0.550. The monoisotopic (exact) mass is 260 g/mol. The quantitative estimate of drug-likeness (QED) is 0.587.